The molecular formula is C16H32N2O3S2. The first-order valence-electron chi connectivity index (χ1n) is 8.74. The number of likely N-dealkylation sites (N-methyl/N-ethyl adjacent to an activating group) is 1. The Morgan fingerprint density at radius 3 is 2.91 bits per heavy atom. The first-order chi connectivity index (χ1) is 11.3. The van der Waals surface area contributed by atoms with Gasteiger partial charge in [0.25, 0.3) is 0 Å². The van der Waals surface area contributed by atoms with E-state index in [1.807, 2.05) is 21.6 Å². The molecule has 0 spiro atoms. The third-order valence-electron chi connectivity index (χ3n) is 3.90. The van der Waals surface area contributed by atoms with Gasteiger partial charge in [0, 0.05) is 43.6 Å². The van der Waals surface area contributed by atoms with Gasteiger partial charge in [-0.25, -0.2) is 0 Å². The van der Waals surface area contributed by atoms with E-state index in [1.165, 1.54) is 18.6 Å². The zero-order valence-corrected chi connectivity index (χ0v) is 15.9. The second-order valence-electron chi connectivity index (χ2n) is 5.70. The molecule has 0 aliphatic carbocycles. The maximum atomic E-state index is 11.7. The Hall–Kier alpha value is 0.0500. The molecule has 23 heavy (non-hydrogen) atoms. The third kappa shape index (κ3) is 11.3. The molecule has 0 bridgehead atoms. The molecule has 0 aromatic carbocycles. The Kier molecular flexibility index (Phi) is 13.2. The maximum absolute atomic E-state index is 11.7. The van der Waals surface area contributed by atoms with Gasteiger partial charge in [0.1, 0.15) is 6.61 Å². The molecule has 0 amide bonds. The summed E-state index contributed by atoms with van der Waals surface area (Å²) in [4.78, 5) is 14.0. The van der Waals surface area contributed by atoms with Crippen molar-refractivity contribution in [2.24, 2.45) is 0 Å². The molecule has 1 atom stereocenters. The number of hydrogen-bond donors (Lipinski definition) is 2. The van der Waals surface area contributed by atoms with Crippen LogP contribution < -0.4 is 5.32 Å². The van der Waals surface area contributed by atoms with Crippen LogP contribution in [-0.4, -0.2) is 72.9 Å². The van der Waals surface area contributed by atoms with Crippen LogP contribution in [0, 0.1) is 0 Å². The lowest BCUT2D eigenvalue weighted by Gasteiger charge is -2.20. The van der Waals surface area contributed by atoms with Crippen molar-refractivity contribution < 1.29 is 14.6 Å². The summed E-state index contributed by atoms with van der Waals surface area (Å²) in [6, 6.07) is 0. The minimum Gasteiger partial charge on any atom is -0.464 e. The quantitative estimate of drug-likeness (QED) is 0.278. The largest absolute Gasteiger partial charge is 0.464 e. The number of rotatable bonds is 14. The highest BCUT2D eigenvalue weighted by molar-refractivity contribution is 8.77. The molecule has 2 N–H and O–H groups in total. The summed E-state index contributed by atoms with van der Waals surface area (Å²) in [7, 11) is 3.98. The van der Waals surface area contributed by atoms with Crippen LogP contribution in [0.3, 0.4) is 0 Å². The van der Waals surface area contributed by atoms with Crippen LogP contribution in [0.5, 0.6) is 0 Å². The smallest absolute Gasteiger partial charge is 0.305 e. The van der Waals surface area contributed by atoms with Crippen LogP contribution in [0.4, 0.5) is 0 Å². The Morgan fingerprint density at radius 1 is 1.35 bits per heavy atom. The van der Waals surface area contributed by atoms with Crippen LogP contribution in [0.25, 0.3) is 0 Å². The monoisotopic (exact) mass is 364 g/mol. The van der Waals surface area contributed by atoms with Crippen molar-refractivity contribution in [3.05, 3.63) is 0 Å². The van der Waals surface area contributed by atoms with Gasteiger partial charge in [-0.3, -0.25) is 9.69 Å². The Balaban J connectivity index is 1.94. The van der Waals surface area contributed by atoms with Gasteiger partial charge in [0.2, 0.25) is 0 Å². The van der Waals surface area contributed by atoms with Gasteiger partial charge < -0.3 is 15.2 Å². The number of nitrogens with zero attached hydrogens (tertiary/aromatic N) is 1. The number of aliphatic hydroxyl groups is 1. The fourth-order valence-corrected chi connectivity index (χ4v) is 5.46. The molecule has 0 unspecified atom stereocenters. The SMILES string of the molecule is CCN(CCNCCO)CCOC(=O)CCCC[C@@H]1CCSS1. The summed E-state index contributed by atoms with van der Waals surface area (Å²) in [6.45, 7) is 6.85. The van der Waals surface area contributed by atoms with Gasteiger partial charge in [-0.15, -0.1) is 0 Å². The van der Waals surface area contributed by atoms with Gasteiger partial charge in [-0.05, 0) is 25.8 Å². The van der Waals surface area contributed by atoms with Crippen molar-refractivity contribution in [1.82, 2.24) is 10.2 Å². The topological polar surface area (TPSA) is 61.8 Å². The van der Waals surface area contributed by atoms with Gasteiger partial charge in [0.05, 0.1) is 6.61 Å². The molecule has 1 fully saturated rings. The summed E-state index contributed by atoms with van der Waals surface area (Å²) >= 11 is 0. The summed E-state index contributed by atoms with van der Waals surface area (Å²) in [6.07, 6.45) is 5.18. The molecule has 0 radical (unpaired) electrons. The van der Waals surface area contributed by atoms with E-state index in [9.17, 15) is 4.79 Å². The van der Waals surface area contributed by atoms with E-state index in [0.717, 1.165) is 44.3 Å². The van der Waals surface area contributed by atoms with Crippen LogP contribution in [0.1, 0.15) is 39.0 Å². The van der Waals surface area contributed by atoms with E-state index in [1.54, 1.807) is 0 Å². The van der Waals surface area contributed by atoms with Crippen molar-refractivity contribution in [3.63, 3.8) is 0 Å². The molecule has 1 rings (SSSR count). The Bertz CT molecular complexity index is 303. The number of carbonyl (C=O) groups is 1. The van der Waals surface area contributed by atoms with E-state index >= 15 is 0 Å². The number of carbonyl (C=O) groups excluding carboxylic acids is 1. The Morgan fingerprint density at radius 2 is 2.22 bits per heavy atom. The van der Waals surface area contributed by atoms with Crippen molar-refractivity contribution >= 4 is 27.6 Å². The lowest BCUT2D eigenvalue weighted by atomic mass is 10.1. The predicted molar refractivity (Wildman–Crippen MR) is 100.0 cm³/mol. The highest BCUT2D eigenvalue weighted by Gasteiger charge is 2.16. The first-order valence-corrected chi connectivity index (χ1v) is 11.1. The standard InChI is InChI=1S/C16H32N2O3S2/c1-2-18(10-8-17-9-12-19)11-13-21-16(20)6-4-3-5-15-7-14-22-23-15/h15,17,19H,2-14H2,1H3/t15-/m1/s1. The summed E-state index contributed by atoms with van der Waals surface area (Å²) in [5, 5.41) is 12.7. The number of aliphatic hydroxyl groups excluding tert-OH is 1. The lowest BCUT2D eigenvalue weighted by Crippen LogP contribution is -2.35. The Labute approximate surface area is 148 Å². The van der Waals surface area contributed by atoms with Gasteiger partial charge in [-0.2, -0.15) is 0 Å². The summed E-state index contributed by atoms with van der Waals surface area (Å²) in [5.74, 6) is 1.22. The van der Waals surface area contributed by atoms with Crippen molar-refractivity contribution in [3.8, 4) is 0 Å². The molecule has 0 aromatic rings. The van der Waals surface area contributed by atoms with Crippen LogP contribution in [0.2, 0.25) is 0 Å². The molecular weight excluding hydrogens is 332 g/mol. The third-order valence-corrected chi connectivity index (χ3v) is 6.90. The highest BCUT2D eigenvalue weighted by atomic mass is 33.1. The van der Waals surface area contributed by atoms with Crippen LogP contribution >= 0.6 is 21.6 Å². The summed E-state index contributed by atoms with van der Waals surface area (Å²) < 4.78 is 5.32. The molecule has 1 aliphatic rings. The molecule has 1 heterocycles. The normalized spacial score (nSPS) is 17.8. The summed E-state index contributed by atoms with van der Waals surface area (Å²) in [5.41, 5.74) is 0. The molecule has 7 heteroatoms. The fraction of sp³-hybridized carbons (Fsp3) is 0.938. The zero-order valence-electron chi connectivity index (χ0n) is 14.3. The zero-order chi connectivity index (χ0) is 16.8. The first kappa shape index (κ1) is 21.1. The van der Waals surface area contributed by atoms with Gasteiger partial charge in [0.15, 0.2) is 0 Å². The molecule has 0 aromatic heterocycles. The van der Waals surface area contributed by atoms with Gasteiger partial charge in [-0.1, -0.05) is 34.9 Å². The molecule has 136 valence electrons. The molecule has 1 saturated heterocycles. The van der Waals surface area contributed by atoms with E-state index in [2.05, 4.69) is 17.1 Å². The van der Waals surface area contributed by atoms with Crippen LogP contribution in [-0.2, 0) is 9.53 Å². The van der Waals surface area contributed by atoms with E-state index in [-0.39, 0.29) is 12.6 Å². The highest BCUT2D eigenvalue weighted by Crippen LogP contribution is 2.39. The lowest BCUT2D eigenvalue weighted by molar-refractivity contribution is -0.144. The average molecular weight is 365 g/mol. The number of ether oxygens (including phenoxy) is 1. The number of nitrogens with one attached hydrogen (secondary N) is 1. The second-order valence-corrected chi connectivity index (χ2v) is 8.49. The fourth-order valence-electron chi connectivity index (χ4n) is 2.44. The number of hydrogen-bond acceptors (Lipinski definition) is 7. The van der Waals surface area contributed by atoms with E-state index in [0.29, 0.717) is 19.6 Å². The van der Waals surface area contributed by atoms with Crippen molar-refractivity contribution in [2.45, 2.75) is 44.3 Å². The van der Waals surface area contributed by atoms with Crippen LogP contribution in [0.15, 0.2) is 0 Å². The molecule has 1 aliphatic heterocycles. The van der Waals surface area contributed by atoms with Crippen molar-refractivity contribution in [1.29, 1.82) is 0 Å². The maximum Gasteiger partial charge on any atom is 0.305 e. The molecule has 5 nitrogen and oxygen atoms in total. The molecule has 0 saturated carbocycles. The minimum absolute atomic E-state index is 0.0621. The second kappa shape index (κ2) is 14.4. The average Bonchev–Trinajstić information content (AvgIpc) is 3.07. The number of unbranched alkanes of at least 4 members (excludes halogenated alkanes) is 1. The van der Waals surface area contributed by atoms with E-state index in [4.69, 9.17) is 9.84 Å². The predicted octanol–water partition coefficient (Wildman–Crippen LogP) is 2.15. The number of esters is 1. The van der Waals surface area contributed by atoms with E-state index < -0.39 is 0 Å². The van der Waals surface area contributed by atoms with Crippen molar-refractivity contribution in [2.75, 3.05) is 51.7 Å². The minimum atomic E-state index is -0.0621. The van der Waals surface area contributed by atoms with Gasteiger partial charge >= 0.3 is 5.97 Å².